The number of rotatable bonds is 1. The summed E-state index contributed by atoms with van der Waals surface area (Å²) in [6.45, 7) is 0.113. The van der Waals surface area contributed by atoms with Crippen molar-refractivity contribution in [1.29, 1.82) is 0 Å². The Morgan fingerprint density at radius 1 is 1.22 bits per heavy atom. The van der Waals surface area contributed by atoms with Gasteiger partial charge in [-0.15, -0.1) is 0 Å². The van der Waals surface area contributed by atoms with Crippen molar-refractivity contribution in [2.75, 3.05) is 5.73 Å². The number of amides is 3. The highest BCUT2D eigenvalue weighted by atomic mass is 19.1. The van der Waals surface area contributed by atoms with Crippen molar-refractivity contribution in [3.05, 3.63) is 29.1 Å². The fourth-order valence-electron chi connectivity index (χ4n) is 3.42. The number of halogens is 1. The van der Waals surface area contributed by atoms with E-state index in [4.69, 9.17) is 5.73 Å². The molecule has 10 heteroatoms. The Bertz CT molecular complexity index is 770. The van der Waals surface area contributed by atoms with Crippen molar-refractivity contribution in [3.8, 4) is 0 Å². The van der Waals surface area contributed by atoms with Gasteiger partial charge < -0.3 is 10.6 Å². The molecule has 1 saturated heterocycles. The van der Waals surface area contributed by atoms with Crippen molar-refractivity contribution >= 4 is 46.9 Å². The molecule has 116 valence electrons. The fraction of sp³-hybridized carbons (Fsp3) is 0.308. The lowest BCUT2D eigenvalue weighted by atomic mass is 9.36. The Labute approximate surface area is 135 Å². The number of imide groups is 1. The lowest BCUT2D eigenvalue weighted by Crippen LogP contribution is -2.70. The van der Waals surface area contributed by atoms with E-state index in [0.717, 1.165) is 12.1 Å². The van der Waals surface area contributed by atoms with Gasteiger partial charge in [-0.05, 0) is 12.1 Å². The second-order valence-electron chi connectivity index (χ2n) is 6.92. The third-order valence-electron chi connectivity index (χ3n) is 5.20. The van der Waals surface area contributed by atoms with Gasteiger partial charge in [0.15, 0.2) is 0 Å². The first-order valence-electron chi connectivity index (χ1n) is 7.32. The molecule has 0 aliphatic carbocycles. The van der Waals surface area contributed by atoms with Gasteiger partial charge in [0, 0.05) is 29.8 Å². The van der Waals surface area contributed by atoms with Crippen LogP contribution in [0.25, 0.3) is 0 Å². The zero-order valence-corrected chi connectivity index (χ0v) is 13.2. The summed E-state index contributed by atoms with van der Waals surface area (Å²) in [6, 6.07) is 2.30. The van der Waals surface area contributed by atoms with E-state index in [9.17, 15) is 18.8 Å². The number of carbonyl (C=O) groups excluding carboxylic acids is 3. The first-order valence-corrected chi connectivity index (χ1v) is 7.32. The van der Waals surface area contributed by atoms with Crippen LogP contribution in [0.4, 0.5) is 10.1 Å². The topological polar surface area (TPSA) is 92.5 Å². The van der Waals surface area contributed by atoms with Crippen molar-refractivity contribution in [2.45, 2.75) is 23.6 Å². The quantitative estimate of drug-likeness (QED) is 0.331. The van der Waals surface area contributed by atoms with Crippen molar-refractivity contribution in [1.82, 2.24) is 10.2 Å². The fourth-order valence-corrected chi connectivity index (χ4v) is 3.42. The molecule has 1 aromatic rings. The summed E-state index contributed by atoms with van der Waals surface area (Å²) in [4.78, 5) is 38.4. The summed E-state index contributed by atoms with van der Waals surface area (Å²) >= 11 is 0. The van der Waals surface area contributed by atoms with Gasteiger partial charge >= 0.3 is 0 Å². The van der Waals surface area contributed by atoms with Crippen LogP contribution in [0.5, 0.6) is 0 Å². The maximum absolute atomic E-state index is 13.6. The maximum Gasteiger partial charge on any atom is 0.254 e. The van der Waals surface area contributed by atoms with Gasteiger partial charge in [-0.3, -0.25) is 19.7 Å². The van der Waals surface area contributed by atoms with Crippen LogP contribution in [0.1, 0.15) is 22.3 Å². The molecule has 0 aromatic heterocycles. The molecule has 3 rings (SSSR count). The maximum atomic E-state index is 13.6. The molecule has 2 aliphatic heterocycles. The first-order chi connectivity index (χ1) is 10.6. The minimum atomic E-state index is -1.24. The average Bonchev–Trinajstić information content (AvgIpc) is 2.73. The summed E-state index contributed by atoms with van der Waals surface area (Å²) in [7, 11) is 5.17. The van der Waals surface area contributed by atoms with Gasteiger partial charge in [-0.25, -0.2) is 4.39 Å². The first kappa shape index (κ1) is 15.6. The van der Waals surface area contributed by atoms with Crippen LogP contribution < -0.4 is 11.1 Å². The van der Waals surface area contributed by atoms with Gasteiger partial charge in [0.2, 0.25) is 11.8 Å². The van der Waals surface area contributed by atoms with Crippen LogP contribution in [0.3, 0.4) is 0 Å². The molecular weight excluding hydrogens is 298 g/mol. The number of nitrogens with two attached hydrogens (primary N) is 1. The molecule has 0 spiro atoms. The number of nitrogen functional groups attached to an aromatic ring is 1. The number of piperidine rings is 1. The highest BCUT2D eigenvalue weighted by molar-refractivity contribution is 6.52. The zero-order chi connectivity index (χ0) is 17.2. The van der Waals surface area contributed by atoms with E-state index in [-0.39, 0.29) is 30.1 Å². The van der Waals surface area contributed by atoms with Crippen LogP contribution in [-0.2, 0) is 16.1 Å². The molecule has 3 amide bonds. The zero-order valence-electron chi connectivity index (χ0n) is 13.2. The van der Waals surface area contributed by atoms with Crippen LogP contribution in [0.15, 0.2) is 12.1 Å². The number of hydrogen-bond acceptors (Lipinski definition) is 4. The lowest BCUT2D eigenvalue weighted by Gasteiger charge is -2.51. The van der Waals surface area contributed by atoms with Gasteiger partial charge in [0.05, 0.1) is 5.44 Å². The van der Waals surface area contributed by atoms with Crippen LogP contribution in [0.2, 0.25) is 5.21 Å². The molecule has 0 bridgehead atoms. The minimum absolute atomic E-state index is 0.110. The number of nitrogens with one attached hydrogen (secondary N) is 1. The van der Waals surface area contributed by atoms with E-state index in [1.807, 2.05) is 0 Å². The van der Waals surface area contributed by atoms with Gasteiger partial charge in [0.1, 0.15) is 29.4 Å². The number of benzene rings is 1. The van der Waals surface area contributed by atoms with E-state index < -0.39 is 28.3 Å². The van der Waals surface area contributed by atoms with E-state index in [0.29, 0.717) is 5.56 Å². The number of hydrogen-bond donors (Lipinski definition) is 2. The Hall–Kier alpha value is -2.25. The largest absolute Gasteiger partial charge is 0.398 e. The molecule has 6 nitrogen and oxygen atoms in total. The molecule has 23 heavy (non-hydrogen) atoms. The summed E-state index contributed by atoms with van der Waals surface area (Å²) in [5.41, 5.74) is 5.45. The Kier molecular flexibility index (Phi) is 3.15. The van der Waals surface area contributed by atoms with Crippen molar-refractivity contribution in [3.63, 3.8) is 0 Å². The third kappa shape index (κ3) is 2.00. The van der Waals surface area contributed by atoms with E-state index >= 15 is 0 Å². The second kappa shape index (κ2) is 4.63. The molecule has 1 aromatic carbocycles. The van der Waals surface area contributed by atoms with Crippen LogP contribution in [-0.4, -0.2) is 51.6 Å². The van der Waals surface area contributed by atoms with Gasteiger partial charge in [0.25, 0.3) is 5.91 Å². The molecule has 0 saturated carbocycles. The van der Waals surface area contributed by atoms with E-state index in [2.05, 4.69) is 5.32 Å². The molecular formula is C13H15B3FN3O3. The van der Waals surface area contributed by atoms with Gasteiger partial charge in [-0.2, -0.15) is 0 Å². The SMILES string of the molecule is BC1(B)CC(=O)NC(=O)[C@@]1(B)N1Cc2c(N)cc(F)cc2C1=O. The average molecular weight is 313 g/mol. The molecule has 0 radical (unpaired) electrons. The third-order valence-corrected chi connectivity index (χ3v) is 5.20. The molecule has 2 aliphatic rings. The smallest absolute Gasteiger partial charge is 0.254 e. The predicted molar refractivity (Wildman–Crippen MR) is 89.5 cm³/mol. The van der Waals surface area contributed by atoms with E-state index in [1.54, 1.807) is 23.5 Å². The van der Waals surface area contributed by atoms with Gasteiger partial charge in [-0.1, -0.05) is 5.21 Å². The number of nitrogens with zero attached hydrogens (tertiary/aromatic N) is 1. The molecule has 0 unspecified atom stereocenters. The number of carbonyl (C=O) groups is 3. The van der Waals surface area contributed by atoms with E-state index in [1.165, 1.54) is 4.90 Å². The monoisotopic (exact) mass is 313 g/mol. The number of anilines is 1. The Balaban J connectivity index is 2.09. The Morgan fingerprint density at radius 2 is 1.87 bits per heavy atom. The summed E-state index contributed by atoms with van der Waals surface area (Å²) in [5, 5.41) is 1.53. The van der Waals surface area contributed by atoms with Crippen LogP contribution >= 0.6 is 0 Å². The highest BCUT2D eigenvalue weighted by Crippen LogP contribution is 2.45. The second-order valence-corrected chi connectivity index (χ2v) is 6.92. The molecule has 3 N–H and O–H groups in total. The van der Waals surface area contributed by atoms with Crippen molar-refractivity contribution in [2.24, 2.45) is 0 Å². The highest BCUT2D eigenvalue weighted by Gasteiger charge is 2.57. The molecule has 2 heterocycles. The summed E-state index contributed by atoms with van der Waals surface area (Å²) in [6.07, 6.45) is 0.110. The van der Waals surface area contributed by atoms with Crippen molar-refractivity contribution < 1.29 is 18.8 Å². The Morgan fingerprint density at radius 3 is 2.48 bits per heavy atom. The number of fused-ring (bicyclic) bond motifs is 1. The summed E-state index contributed by atoms with van der Waals surface area (Å²) in [5.74, 6) is -1.94. The normalized spacial score (nSPS) is 26.1. The standard InChI is InChI=1S/C13H15B3FN3O3/c14-12(15)3-9(21)19-11(23)13(12,16)20-4-7-6(10(20)22)1-5(17)2-8(7)18/h1-2H,3-4,14-16,18H2,(H,19,21,23)/t13-/m1/s1. The molecule has 1 fully saturated rings. The minimum Gasteiger partial charge on any atom is -0.398 e. The molecule has 1 atom stereocenters. The van der Waals surface area contributed by atoms with Crippen LogP contribution in [0, 0.1) is 5.82 Å². The lowest BCUT2D eigenvalue weighted by molar-refractivity contribution is -0.139. The summed E-state index contributed by atoms with van der Waals surface area (Å²) < 4.78 is 13.6. The predicted octanol–water partition coefficient (Wildman–Crippen LogP) is -2.88.